The molecule has 7 nitrogen and oxygen atoms in total. The van der Waals surface area contributed by atoms with Gasteiger partial charge in [0.2, 0.25) is 5.52 Å². The van der Waals surface area contributed by atoms with Gasteiger partial charge in [-0.1, -0.05) is 0 Å². The Hall–Kier alpha value is -1.67. The van der Waals surface area contributed by atoms with Crippen LogP contribution >= 0.6 is 11.8 Å². The Bertz CT molecular complexity index is 527. The van der Waals surface area contributed by atoms with E-state index in [1.165, 1.54) is 17.8 Å². The summed E-state index contributed by atoms with van der Waals surface area (Å²) in [6.45, 7) is 0.0222. The molecular formula is C8H7N3O4S. The molecule has 1 aromatic carbocycles. The molecular weight excluding hydrogens is 234 g/mol. The predicted molar refractivity (Wildman–Crippen MR) is 56.3 cm³/mol. The van der Waals surface area contributed by atoms with E-state index in [2.05, 4.69) is 14.9 Å². The molecule has 8 heteroatoms. The lowest BCUT2D eigenvalue weighted by atomic mass is 10.3. The van der Waals surface area contributed by atoms with Crippen LogP contribution in [0, 0.1) is 10.1 Å². The molecule has 0 atom stereocenters. The zero-order valence-corrected chi connectivity index (χ0v) is 8.81. The van der Waals surface area contributed by atoms with Crippen LogP contribution in [-0.4, -0.2) is 32.7 Å². The van der Waals surface area contributed by atoms with Crippen molar-refractivity contribution in [2.45, 2.75) is 4.90 Å². The molecule has 2 rings (SSSR count). The maximum atomic E-state index is 10.7. The first kappa shape index (κ1) is 10.8. The van der Waals surface area contributed by atoms with Crippen molar-refractivity contribution in [2.24, 2.45) is 0 Å². The second-order valence-corrected chi connectivity index (χ2v) is 4.01. The van der Waals surface area contributed by atoms with E-state index in [1.807, 2.05) is 0 Å². The number of non-ortho nitro benzene ring substituents is 1. The van der Waals surface area contributed by atoms with Crippen molar-refractivity contribution < 1.29 is 14.7 Å². The summed E-state index contributed by atoms with van der Waals surface area (Å²) < 4.78 is 4.50. The van der Waals surface area contributed by atoms with Crippen LogP contribution in [0.25, 0.3) is 11.0 Å². The van der Waals surface area contributed by atoms with Gasteiger partial charge >= 0.3 is 5.69 Å². The van der Waals surface area contributed by atoms with E-state index >= 15 is 0 Å². The van der Waals surface area contributed by atoms with Gasteiger partial charge in [-0.3, -0.25) is 10.1 Å². The number of aliphatic hydroxyl groups excluding tert-OH is 1. The predicted octanol–water partition coefficient (Wildman–Crippen LogP) is 1.22. The van der Waals surface area contributed by atoms with Gasteiger partial charge in [0.1, 0.15) is 0 Å². The van der Waals surface area contributed by atoms with Crippen LogP contribution in [0.2, 0.25) is 0 Å². The minimum Gasteiger partial charge on any atom is -0.396 e. The summed E-state index contributed by atoms with van der Waals surface area (Å²) in [5.74, 6) is 0.486. The van der Waals surface area contributed by atoms with Gasteiger partial charge in [-0.05, 0) is 16.4 Å². The fourth-order valence-electron chi connectivity index (χ4n) is 1.25. The molecule has 0 saturated heterocycles. The van der Waals surface area contributed by atoms with Crippen LogP contribution in [0.4, 0.5) is 5.69 Å². The number of thioether (sulfide) groups is 1. The second-order valence-electron chi connectivity index (χ2n) is 2.87. The van der Waals surface area contributed by atoms with Gasteiger partial charge in [0.05, 0.1) is 11.5 Å². The number of benzene rings is 1. The van der Waals surface area contributed by atoms with E-state index in [0.29, 0.717) is 16.2 Å². The molecule has 0 aliphatic carbocycles. The Labute approximate surface area is 93.5 Å². The zero-order valence-electron chi connectivity index (χ0n) is 7.99. The molecule has 84 valence electrons. The van der Waals surface area contributed by atoms with Crippen LogP contribution in [0.5, 0.6) is 0 Å². The van der Waals surface area contributed by atoms with Crippen molar-refractivity contribution >= 4 is 28.5 Å². The summed E-state index contributed by atoms with van der Waals surface area (Å²) in [4.78, 5) is 10.9. The van der Waals surface area contributed by atoms with E-state index in [-0.39, 0.29) is 17.8 Å². The normalized spacial score (nSPS) is 10.8. The summed E-state index contributed by atoms with van der Waals surface area (Å²) >= 11 is 1.34. The van der Waals surface area contributed by atoms with Gasteiger partial charge in [0.15, 0.2) is 5.52 Å². The second kappa shape index (κ2) is 4.45. The van der Waals surface area contributed by atoms with E-state index in [4.69, 9.17) is 5.11 Å². The van der Waals surface area contributed by atoms with Crippen LogP contribution < -0.4 is 0 Å². The molecule has 1 N–H and O–H groups in total. The van der Waals surface area contributed by atoms with Gasteiger partial charge in [-0.2, -0.15) is 0 Å². The van der Waals surface area contributed by atoms with Crippen LogP contribution in [-0.2, 0) is 0 Å². The fourth-order valence-corrected chi connectivity index (χ4v) is 2.00. The molecule has 0 fully saturated rings. The largest absolute Gasteiger partial charge is 0.396 e. The van der Waals surface area contributed by atoms with Crippen molar-refractivity contribution in [3.63, 3.8) is 0 Å². The number of aromatic nitrogens is 2. The van der Waals surface area contributed by atoms with Gasteiger partial charge in [0.25, 0.3) is 0 Å². The van der Waals surface area contributed by atoms with Gasteiger partial charge in [-0.25, -0.2) is 4.63 Å². The van der Waals surface area contributed by atoms with Gasteiger partial charge < -0.3 is 5.11 Å². The summed E-state index contributed by atoms with van der Waals surface area (Å²) in [7, 11) is 0. The lowest BCUT2D eigenvalue weighted by Crippen LogP contribution is -1.91. The molecule has 0 unspecified atom stereocenters. The van der Waals surface area contributed by atoms with Crippen LogP contribution in [0.3, 0.4) is 0 Å². The third kappa shape index (κ3) is 1.84. The Balaban J connectivity index is 2.50. The Morgan fingerprint density at radius 1 is 1.44 bits per heavy atom. The average molecular weight is 241 g/mol. The van der Waals surface area contributed by atoms with Crippen molar-refractivity contribution in [2.75, 3.05) is 12.4 Å². The molecule has 1 aromatic heterocycles. The van der Waals surface area contributed by atoms with E-state index in [9.17, 15) is 10.1 Å². The first-order chi connectivity index (χ1) is 7.74. The molecule has 0 aliphatic heterocycles. The molecule has 1 heterocycles. The summed E-state index contributed by atoms with van der Waals surface area (Å²) in [6.07, 6.45) is 0. The molecule has 0 amide bonds. The topological polar surface area (TPSA) is 102 Å². The summed E-state index contributed by atoms with van der Waals surface area (Å²) in [5, 5.41) is 26.5. The summed E-state index contributed by atoms with van der Waals surface area (Å²) in [5.41, 5.74) is 0.352. The minimum atomic E-state index is -0.535. The molecule has 16 heavy (non-hydrogen) atoms. The number of hydrogen-bond acceptors (Lipinski definition) is 7. The maximum Gasteiger partial charge on any atom is 0.300 e. The van der Waals surface area contributed by atoms with Gasteiger partial charge in [0, 0.05) is 16.7 Å². The highest BCUT2D eigenvalue weighted by molar-refractivity contribution is 7.99. The molecule has 0 aliphatic rings. The summed E-state index contributed by atoms with van der Waals surface area (Å²) in [6, 6.07) is 2.93. The van der Waals surface area contributed by atoms with E-state index < -0.39 is 4.92 Å². The lowest BCUT2D eigenvalue weighted by Gasteiger charge is -1.98. The third-order valence-corrected chi connectivity index (χ3v) is 2.93. The van der Waals surface area contributed by atoms with Crippen LogP contribution in [0.15, 0.2) is 21.7 Å². The number of fused-ring (bicyclic) bond motifs is 1. The number of hydrogen-bond donors (Lipinski definition) is 1. The number of aliphatic hydroxyl groups is 1. The Morgan fingerprint density at radius 3 is 2.88 bits per heavy atom. The van der Waals surface area contributed by atoms with Crippen molar-refractivity contribution in [1.82, 2.24) is 10.3 Å². The molecule has 2 aromatic rings. The maximum absolute atomic E-state index is 10.7. The highest BCUT2D eigenvalue weighted by Crippen LogP contribution is 2.31. The number of nitro benzene ring substituents is 1. The zero-order chi connectivity index (χ0) is 11.5. The van der Waals surface area contributed by atoms with Gasteiger partial charge in [-0.15, -0.1) is 11.8 Å². The monoisotopic (exact) mass is 241 g/mol. The fraction of sp³-hybridized carbons (Fsp3) is 0.250. The van der Waals surface area contributed by atoms with E-state index in [1.54, 1.807) is 6.07 Å². The molecule has 0 bridgehead atoms. The Morgan fingerprint density at radius 2 is 2.19 bits per heavy atom. The molecule has 0 saturated carbocycles. The number of rotatable bonds is 4. The van der Waals surface area contributed by atoms with E-state index in [0.717, 1.165) is 0 Å². The first-order valence-electron chi connectivity index (χ1n) is 4.37. The third-order valence-electron chi connectivity index (χ3n) is 1.90. The molecule has 0 spiro atoms. The van der Waals surface area contributed by atoms with Crippen LogP contribution in [0.1, 0.15) is 0 Å². The SMILES string of the molecule is O=[N+]([O-])c1ccc(SCCO)c2nonc12. The quantitative estimate of drug-likeness (QED) is 0.487. The van der Waals surface area contributed by atoms with Crippen molar-refractivity contribution in [3.05, 3.63) is 22.2 Å². The van der Waals surface area contributed by atoms with Crippen molar-refractivity contribution in [3.8, 4) is 0 Å². The standard InChI is InChI=1S/C8H7N3O4S/c12-3-4-16-6-2-1-5(11(13)14)7-8(6)10-15-9-7/h1-2,12H,3-4H2. The Kier molecular flexibility index (Phi) is 3.02. The number of nitro groups is 1. The lowest BCUT2D eigenvalue weighted by molar-refractivity contribution is -0.383. The number of nitrogens with zero attached hydrogens (tertiary/aromatic N) is 3. The van der Waals surface area contributed by atoms with Crippen molar-refractivity contribution in [1.29, 1.82) is 0 Å². The molecule has 0 radical (unpaired) electrons. The smallest absolute Gasteiger partial charge is 0.300 e. The average Bonchev–Trinajstić information content (AvgIpc) is 2.74. The first-order valence-corrected chi connectivity index (χ1v) is 5.36. The highest BCUT2D eigenvalue weighted by Gasteiger charge is 2.19. The minimum absolute atomic E-state index is 0.0222. The highest BCUT2D eigenvalue weighted by atomic mass is 32.2.